The Bertz CT molecular complexity index is 520. The van der Waals surface area contributed by atoms with Crippen LogP contribution in [0.3, 0.4) is 0 Å². The highest BCUT2D eigenvalue weighted by molar-refractivity contribution is 7.15. The number of pyridine rings is 1. The monoisotopic (exact) mass is 276 g/mol. The van der Waals surface area contributed by atoms with Gasteiger partial charge in [0.05, 0.1) is 6.54 Å². The first-order valence-corrected chi connectivity index (χ1v) is 5.48. The smallest absolute Gasteiger partial charge is 0.183 e. The molecule has 0 bridgehead atoms. The van der Waals surface area contributed by atoms with E-state index in [1.807, 2.05) is 29.0 Å². The lowest BCUT2D eigenvalue weighted by molar-refractivity contribution is 0.740. The maximum atomic E-state index is 5.75. The van der Waals surface area contributed by atoms with Crippen LogP contribution in [0.15, 0.2) is 35.7 Å². The third-order valence-corrected chi connectivity index (χ3v) is 3.00. The highest BCUT2D eigenvalue weighted by atomic mass is 35.5. The molecule has 2 rings (SSSR count). The molecular formula is C9H10Cl2N4S. The largest absolute Gasteiger partial charge is 0.326 e. The minimum absolute atomic E-state index is 0. The molecule has 0 aliphatic carbocycles. The third-order valence-electron chi connectivity index (χ3n) is 1.90. The predicted octanol–water partition coefficient (Wildman–Crippen LogP) is 1.84. The van der Waals surface area contributed by atoms with Crippen LogP contribution in [0.1, 0.15) is 4.88 Å². The van der Waals surface area contributed by atoms with Crippen LogP contribution in [0.5, 0.6) is 0 Å². The molecule has 0 aromatic carbocycles. The molecule has 0 atom stereocenters. The average molecular weight is 277 g/mol. The van der Waals surface area contributed by atoms with Gasteiger partial charge in [-0.15, -0.1) is 23.7 Å². The zero-order valence-electron chi connectivity index (χ0n) is 8.21. The molecule has 0 fully saturated rings. The van der Waals surface area contributed by atoms with Gasteiger partial charge in [-0.25, -0.2) is 4.98 Å². The molecule has 2 N–H and O–H groups in total. The molecule has 16 heavy (non-hydrogen) atoms. The number of thiazole rings is 1. The molecule has 0 saturated carbocycles. The molecule has 7 heteroatoms. The van der Waals surface area contributed by atoms with E-state index >= 15 is 0 Å². The lowest BCUT2D eigenvalue weighted by Gasteiger charge is -2.03. The van der Waals surface area contributed by atoms with E-state index in [0.717, 1.165) is 10.4 Å². The van der Waals surface area contributed by atoms with Crippen molar-refractivity contribution in [2.75, 3.05) is 0 Å². The topological polar surface area (TPSA) is 56.2 Å². The molecule has 0 spiro atoms. The van der Waals surface area contributed by atoms with E-state index in [1.54, 1.807) is 6.20 Å². The summed E-state index contributed by atoms with van der Waals surface area (Å²) in [5, 5.41) is 3.69. The van der Waals surface area contributed by atoms with Crippen molar-refractivity contribution < 1.29 is 0 Å². The highest BCUT2D eigenvalue weighted by Crippen LogP contribution is 2.17. The summed E-state index contributed by atoms with van der Waals surface area (Å²) in [7, 11) is 0. The molecule has 0 amide bonds. The van der Waals surface area contributed by atoms with Gasteiger partial charge in [0.25, 0.3) is 0 Å². The average Bonchev–Trinajstić information content (AvgIpc) is 2.65. The Morgan fingerprint density at radius 1 is 1.50 bits per heavy atom. The Balaban J connectivity index is 0.00000128. The zero-order chi connectivity index (χ0) is 10.7. The number of hydrogen-bond donors (Lipinski definition) is 1. The summed E-state index contributed by atoms with van der Waals surface area (Å²) in [6.45, 7) is 0.682. The summed E-state index contributed by atoms with van der Waals surface area (Å²) in [5.74, 6) is 5.28. The van der Waals surface area contributed by atoms with Crippen molar-refractivity contribution in [1.82, 2.24) is 9.55 Å². The van der Waals surface area contributed by atoms with Gasteiger partial charge in [0, 0.05) is 17.3 Å². The summed E-state index contributed by atoms with van der Waals surface area (Å²) < 4.78 is 2.48. The summed E-state index contributed by atoms with van der Waals surface area (Å²) in [6, 6.07) is 5.67. The first-order valence-electron chi connectivity index (χ1n) is 4.29. The van der Waals surface area contributed by atoms with Gasteiger partial charge in [-0.3, -0.25) is 0 Å². The number of nitrogens with zero attached hydrogens (tertiary/aromatic N) is 3. The Kier molecular flexibility index (Phi) is 4.79. The van der Waals surface area contributed by atoms with Crippen LogP contribution >= 0.6 is 35.3 Å². The number of aromatic nitrogens is 2. The number of rotatable bonds is 2. The van der Waals surface area contributed by atoms with Gasteiger partial charge in [-0.05, 0) is 12.1 Å². The zero-order valence-corrected chi connectivity index (χ0v) is 10.6. The maximum absolute atomic E-state index is 5.75. The number of nitrogens with two attached hydrogens (primary N) is 1. The molecule has 4 nitrogen and oxygen atoms in total. The van der Waals surface area contributed by atoms with Crippen molar-refractivity contribution >= 4 is 35.3 Å². The van der Waals surface area contributed by atoms with Gasteiger partial charge in [-0.2, -0.15) is 5.10 Å². The maximum Gasteiger partial charge on any atom is 0.183 e. The van der Waals surface area contributed by atoms with Gasteiger partial charge in [-0.1, -0.05) is 17.7 Å². The van der Waals surface area contributed by atoms with E-state index in [0.29, 0.717) is 11.0 Å². The minimum atomic E-state index is 0. The molecule has 0 unspecified atom stereocenters. The van der Waals surface area contributed by atoms with E-state index in [2.05, 4.69) is 10.1 Å². The highest BCUT2D eigenvalue weighted by Gasteiger charge is 2.00. The van der Waals surface area contributed by atoms with Crippen molar-refractivity contribution in [3.8, 4) is 0 Å². The molecule has 86 valence electrons. The second-order valence-corrected chi connectivity index (χ2v) is 4.59. The number of halogens is 2. The van der Waals surface area contributed by atoms with Crippen LogP contribution < -0.4 is 11.3 Å². The van der Waals surface area contributed by atoms with E-state index in [-0.39, 0.29) is 12.4 Å². The Morgan fingerprint density at radius 2 is 2.31 bits per heavy atom. The van der Waals surface area contributed by atoms with Crippen molar-refractivity contribution in [3.63, 3.8) is 0 Å². The first-order chi connectivity index (χ1) is 7.29. The molecule has 2 aromatic rings. The molecule has 2 heterocycles. The second kappa shape index (κ2) is 5.89. The fourth-order valence-corrected chi connectivity index (χ4v) is 2.22. The fraction of sp³-hybridized carbons (Fsp3) is 0.111. The molecule has 0 radical (unpaired) electrons. The normalized spacial score (nSPS) is 11.2. The summed E-state index contributed by atoms with van der Waals surface area (Å²) in [4.78, 5) is 5.05. The predicted molar refractivity (Wildman–Crippen MR) is 67.7 cm³/mol. The quantitative estimate of drug-likeness (QED) is 0.672. The molecular weight excluding hydrogens is 267 g/mol. The number of hydrogen-bond acceptors (Lipinski definition) is 4. The SMILES string of the molecule is Cl.N/N=c1\ccccn1Cc1cnc(Cl)s1. The van der Waals surface area contributed by atoms with Gasteiger partial charge in [0.2, 0.25) is 0 Å². The fourth-order valence-electron chi connectivity index (χ4n) is 1.24. The van der Waals surface area contributed by atoms with E-state index in [1.165, 1.54) is 11.3 Å². The van der Waals surface area contributed by atoms with Crippen LogP contribution in [-0.4, -0.2) is 9.55 Å². The van der Waals surface area contributed by atoms with E-state index in [9.17, 15) is 0 Å². The van der Waals surface area contributed by atoms with Crippen molar-refractivity contribution in [2.24, 2.45) is 10.9 Å². The summed E-state index contributed by atoms with van der Waals surface area (Å²) in [5.41, 5.74) is 0.724. The molecule has 0 saturated heterocycles. The van der Waals surface area contributed by atoms with Crippen LogP contribution in [0.25, 0.3) is 0 Å². The Hall–Kier alpha value is -1.04. The third kappa shape index (κ3) is 2.98. The van der Waals surface area contributed by atoms with E-state index in [4.69, 9.17) is 17.4 Å². The lowest BCUT2D eigenvalue weighted by atomic mass is 10.4. The summed E-state index contributed by atoms with van der Waals surface area (Å²) in [6.07, 6.45) is 3.67. The van der Waals surface area contributed by atoms with Crippen molar-refractivity contribution in [3.05, 3.63) is 45.4 Å². The second-order valence-electron chi connectivity index (χ2n) is 2.90. The minimum Gasteiger partial charge on any atom is -0.326 e. The van der Waals surface area contributed by atoms with E-state index < -0.39 is 0 Å². The van der Waals surface area contributed by atoms with Gasteiger partial charge >= 0.3 is 0 Å². The van der Waals surface area contributed by atoms with Gasteiger partial charge < -0.3 is 10.4 Å². The molecule has 0 aliphatic heterocycles. The molecule has 0 aliphatic rings. The summed E-state index contributed by atoms with van der Waals surface area (Å²) >= 11 is 7.20. The lowest BCUT2D eigenvalue weighted by Crippen LogP contribution is -2.21. The first kappa shape index (κ1) is 13.0. The Morgan fingerprint density at radius 3 is 2.94 bits per heavy atom. The van der Waals surface area contributed by atoms with Gasteiger partial charge in [0.15, 0.2) is 9.95 Å². The standard InChI is InChI=1S/C9H9ClN4S.ClH/c10-9-12-5-7(15-9)6-14-4-2-1-3-8(14)13-11;/h1-5H,6,11H2;1H/b13-8+;. The van der Waals surface area contributed by atoms with Crippen LogP contribution in [-0.2, 0) is 6.54 Å². The van der Waals surface area contributed by atoms with Crippen LogP contribution in [0, 0.1) is 0 Å². The van der Waals surface area contributed by atoms with Crippen molar-refractivity contribution in [2.45, 2.75) is 6.54 Å². The van der Waals surface area contributed by atoms with Crippen molar-refractivity contribution in [1.29, 1.82) is 0 Å². The Labute approximate surface area is 108 Å². The van der Waals surface area contributed by atoms with Crippen LogP contribution in [0.4, 0.5) is 0 Å². The van der Waals surface area contributed by atoms with Gasteiger partial charge in [0.1, 0.15) is 0 Å². The van der Waals surface area contributed by atoms with Crippen LogP contribution in [0.2, 0.25) is 4.47 Å². The molecule has 2 aromatic heterocycles.